The molecule has 2 rings (SSSR count). The molecule has 1 aliphatic heterocycles. The fourth-order valence-electron chi connectivity index (χ4n) is 1.91. The summed E-state index contributed by atoms with van der Waals surface area (Å²) in [6, 6.07) is 4.33. The maximum absolute atomic E-state index is 11.9. The highest BCUT2D eigenvalue weighted by molar-refractivity contribution is 7.14. The van der Waals surface area contributed by atoms with Crippen molar-refractivity contribution in [2.75, 3.05) is 6.54 Å². The van der Waals surface area contributed by atoms with E-state index in [-0.39, 0.29) is 5.97 Å². The van der Waals surface area contributed by atoms with Crippen LogP contribution in [0.2, 0.25) is 0 Å². The molecule has 1 atom stereocenters. The molecule has 0 aromatic carbocycles. The van der Waals surface area contributed by atoms with Gasteiger partial charge in [-0.3, -0.25) is 0 Å². The summed E-state index contributed by atoms with van der Waals surface area (Å²) in [4.78, 5) is 13.8. The number of rotatable bonds is 2. The lowest BCUT2D eigenvalue weighted by Crippen LogP contribution is -2.23. The van der Waals surface area contributed by atoms with Gasteiger partial charge < -0.3 is 10.1 Å². The van der Waals surface area contributed by atoms with Crippen molar-refractivity contribution in [2.24, 2.45) is 0 Å². The number of ether oxygens (including phenoxy) is 1. The van der Waals surface area contributed by atoms with Gasteiger partial charge in [0.25, 0.3) is 0 Å². The van der Waals surface area contributed by atoms with Crippen LogP contribution in [0, 0.1) is 0 Å². The number of hydrogen-bond acceptors (Lipinski definition) is 4. The van der Waals surface area contributed by atoms with Gasteiger partial charge in [0.05, 0.1) is 0 Å². The van der Waals surface area contributed by atoms with E-state index in [0.29, 0.717) is 10.9 Å². The standard InChI is InChI=1S/C13H19NO2S/c1-13(2,3)16-12(15)11-7-6-10(17-11)9-5-4-8-14-9/h6-7,9,14H,4-5,8H2,1-3H3. The third-order valence-corrected chi connectivity index (χ3v) is 3.81. The minimum Gasteiger partial charge on any atom is -0.456 e. The number of nitrogens with one attached hydrogen (secondary N) is 1. The van der Waals surface area contributed by atoms with Gasteiger partial charge in [0.15, 0.2) is 0 Å². The van der Waals surface area contributed by atoms with Crippen molar-refractivity contribution in [1.82, 2.24) is 5.32 Å². The van der Waals surface area contributed by atoms with Crippen LogP contribution < -0.4 is 5.32 Å². The average Bonchev–Trinajstić information content (AvgIpc) is 2.86. The van der Waals surface area contributed by atoms with Crippen LogP contribution in [0.25, 0.3) is 0 Å². The van der Waals surface area contributed by atoms with Gasteiger partial charge >= 0.3 is 5.97 Å². The first-order valence-corrected chi connectivity index (χ1v) is 6.84. The van der Waals surface area contributed by atoms with Gasteiger partial charge in [0, 0.05) is 10.9 Å². The molecule has 1 aromatic heterocycles. The minimum atomic E-state index is -0.424. The fraction of sp³-hybridized carbons (Fsp3) is 0.615. The summed E-state index contributed by atoms with van der Waals surface area (Å²) in [5.41, 5.74) is -0.424. The first-order chi connectivity index (χ1) is 7.96. The molecule has 2 heterocycles. The van der Waals surface area contributed by atoms with E-state index in [9.17, 15) is 4.79 Å². The molecule has 1 unspecified atom stereocenters. The smallest absolute Gasteiger partial charge is 0.348 e. The molecule has 0 spiro atoms. The molecule has 3 nitrogen and oxygen atoms in total. The number of thiophene rings is 1. The van der Waals surface area contributed by atoms with Crippen LogP contribution in [0.3, 0.4) is 0 Å². The van der Waals surface area contributed by atoms with Gasteiger partial charge in [-0.25, -0.2) is 4.79 Å². The lowest BCUT2D eigenvalue weighted by Gasteiger charge is -2.18. The first kappa shape index (κ1) is 12.6. The van der Waals surface area contributed by atoms with Crippen molar-refractivity contribution in [2.45, 2.75) is 45.3 Å². The highest BCUT2D eigenvalue weighted by Gasteiger charge is 2.22. The Bertz CT molecular complexity index is 400. The van der Waals surface area contributed by atoms with Gasteiger partial charge in [-0.15, -0.1) is 11.3 Å². The second-order valence-corrected chi connectivity index (χ2v) is 6.47. The monoisotopic (exact) mass is 253 g/mol. The van der Waals surface area contributed by atoms with E-state index in [1.54, 1.807) is 11.3 Å². The van der Waals surface area contributed by atoms with E-state index in [4.69, 9.17) is 4.74 Å². The maximum Gasteiger partial charge on any atom is 0.348 e. The lowest BCUT2D eigenvalue weighted by molar-refractivity contribution is 0.00752. The Hall–Kier alpha value is -0.870. The van der Waals surface area contributed by atoms with Gasteiger partial charge in [0.1, 0.15) is 10.5 Å². The SMILES string of the molecule is CC(C)(C)OC(=O)c1ccc(C2CCCN2)s1. The van der Waals surface area contributed by atoms with Crippen LogP contribution in [-0.2, 0) is 4.74 Å². The second-order valence-electron chi connectivity index (χ2n) is 5.35. The van der Waals surface area contributed by atoms with Crippen molar-refractivity contribution in [3.05, 3.63) is 21.9 Å². The highest BCUT2D eigenvalue weighted by atomic mass is 32.1. The lowest BCUT2D eigenvalue weighted by atomic mass is 10.2. The quantitative estimate of drug-likeness (QED) is 0.823. The molecule has 0 saturated carbocycles. The predicted molar refractivity (Wildman–Crippen MR) is 69.5 cm³/mol. The van der Waals surface area contributed by atoms with E-state index in [1.165, 1.54) is 11.3 Å². The summed E-state index contributed by atoms with van der Waals surface area (Å²) in [6.45, 7) is 6.73. The number of esters is 1. The highest BCUT2D eigenvalue weighted by Crippen LogP contribution is 2.30. The zero-order valence-electron chi connectivity index (χ0n) is 10.6. The molecule has 1 saturated heterocycles. The van der Waals surface area contributed by atoms with Crippen LogP contribution in [0.4, 0.5) is 0 Å². The van der Waals surface area contributed by atoms with Crippen molar-refractivity contribution in [3.63, 3.8) is 0 Å². The number of hydrogen-bond donors (Lipinski definition) is 1. The fourth-order valence-corrected chi connectivity index (χ4v) is 2.90. The van der Waals surface area contributed by atoms with E-state index in [2.05, 4.69) is 5.32 Å². The number of carbonyl (C=O) groups excluding carboxylic acids is 1. The summed E-state index contributed by atoms with van der Waals surface area (Å²) < 4.78 is 5.35. The molecule has 1 aliphatic rings. The summed E-state index contributed by atoms with van der Waals surface area (Å²) in [5, 5.41) is 3.43. The Labute approximate surface area is 106 Å². The van der Waals surface area contributed by atoms with Crippen molar-refractivity contribution < 1.29 is 9.53 Å². The molecule has 1 aromatic rings. The second kappa shape index (κ2) is 4.78. The van der Waals surface area contributed by atoms with Crippen molar-refractivity contribution >= 4 is 17.3 Å². The van der Waals surface area contributed by atoms with E-state index >= 15 is 0 Å². The Morgan fingerprint density at radius 1 is 1.47 bits per heavy atom. The Balaban J connectivity index is 2.04. The van der Waals surface area contributed by atoms with Gasteiger partial charge in [0.2, 0.25) is 0 Å². The Kier molecular flexibility index (Phi) is 3.54. The summed E-state index contributed by atoms with van der Waals surface area (Å²) in [7, 11) is 0. The third kappa shape index (κ3) is 3.30. The van der Waals surface area contributed by atoms with Gasteiger partial charge in [-0.05, 0) is 52.3 Å². The molecular weight excluding hydrogens is 234 g/mol. The largest absolute Gasteiger partial charge is 0.456 e. The van der Waals surface area contributed by atoms with Crippen LogP contribution in [0.15, 0.2) is 12.1 Å². The maximum atomic E-state index is 11.9. The van der Waals surface area contributed by atoms with Crippen molar-refractivity contribution in [3.8, 4) is 0 Å². The van der Waals surface area contributed by atoms with E-state index in [1.807, 2.05) is 32.9 Å². The molecule has 94 valence electrons. The predicted octanol–water partition coefficient (Wildman–Crippen LogP) is 3.13. The summed E-state index contributed by atoms with van der Waals surface area (Å²) >= 11 is 1.54. The third-order valence-electron chi connectivity index (χ3n) is 2.63. The first-order valence-electron chi connectivity index (χ1n) is 6.02. The van der Waals surface area contributed by atoms with Gasteiger partial charge in [-0.2, -0.15) is 0 Å². The summed E-state index contributed by atoms with van der Waals surface area (Å²) in [6.07, 6.45) is 2.37. The van der Waals surface area contributed by atoms with Crippen LogP contribution >= 0.6 is 11.3 Å². The van der Waals surface area contributed by atoms with Crippen LogP contribution in [-0.4, -0.2) is 18.1 Å². The summed E-state index contributed by atoms with van der Waals surface area (Å²) in [5.74, 6) is -0.216. The normalized spacial score (nSPS) is 20.5. The topological polar surface area (TPSA) is 38.3 Å². The zero-order chi connectivity index (χ0) is 12.5. The van der Waals surface area contributed by atoms with Crippen LogP contribution in [0.5, 0.6) is 0 Å². The average molecular weight is 253 g/mol. The number of carbonyl (C=O) groups is 1. The Morgan fingerprint density at radius 3 is 2.82 bits per heavy atom. The van der Waals surface area contributed by atoms with E-state index < -0.39 is 5.60 Å². The molecule has 0 bridgehead atoms. The molecule has 17 heavy (non-hydrogen) atoms. The molecule has 1 N–H and O–H groups in total. The Morgan fingerprint density at radius 2 is 2.24 bits per heavy atom. The molecule has 0 amide bonds. The molecule has 1 fully saturated rings. The molecule has 0 aliphatic carbocycles. The van der Waals surface area contributed by atoms with Crippen molar-refractivity contribution in [1.29, 1.82) is 0 Å². The molecular formula is C13H19NO2S. The molecule has 0 radical (unpaired) electrons. The van der Waals surface area contributed by atoms with E-state index in [0.717, 1.165) is 13.0 Å². The molecule has 4 heteroatoms. The van der Waals surface area contributed by atoms with Crippen LogP contribution in [0.1, 0.15) is 54.2 Å². The van der Waals surface area contributed by atoms with Gasteiger partial charge in [-0.1, -0.05) is 0 Å². The zero-order valence-corrected chi connectivity index (χ0v) is 11.4. The minimum absolute atomic E-state index is 0.216.